The van der Waals surface area contributed by atoms with Gasteiger partial charge in [-0.2, -0.15) is 0 Å². The molecule has 1 amide bonds. The molecule has 0 aliphatic carbocycles. The van der Waals surface area contributed by atoms with Crippen LogP contribution >= 0.6 is 0 Å². The molecule has 0 radical (unpaired) electrons. The van der Waals surface area contributed by atoms with Gasteiger partial charge in [-0.25, -0.2) is 9.78 Å². The van der Waals surface area contributed by atoms with Crippen LogP contribution in [-0.2, 0) is 25.3 Å². The van der Waals surface area contributed by atoms with Gasteiger partial charge in [0.05, 0.1) is 17.3 Å². The van der Waals surface area contributed by atoms with Crippen LogP contribution in [0.15, 0.2) is 52.2 Å². The Bertz CT molecular complexity index is 1050. The van der Waals surface area contributed by atoms with E-state index < -0.39 is 11.2 Å². The lowest BCUT2D eigenvalue weighted by Crippen LogP contribution is -2.37. The second-order valence-electron chi connectivity index (χ2n) is 5.83. The highest BCUT2D eigenvalue weighted by Gasteiger charge is 2.11. The maximum Gasteiger partial charge on any atom is 0.332 e. The standard InChI is InChI=1S/C18H18N4O3/c1-21-16-14(17(24)22(2)18(21)25)10-13(11-19-16)20-15(23)9-8-12-6-4-3-5-7-12/h3-7,10-11H,8-9H2,1-2H3,(H,20,23). The van der Waals surface area contributed by atoms with Crippen LogP contribution < -0.4 is 16.6 Å². The fourth-order valence-corrected chi connectivity index (χ4v) is 2.66. The van der Waals surface area contributed by atoms with Gasteiger partial charge in [0.1, 0.15) is 5.65 Å². The Balaban J connectivity index is 1.81. The zero-order valence-electron chi connectivity index (χ0n) is 14.0. The molecule has 7 heteroatoms. The van der Waals surface area contributed by atoms with Crippen LogP contribution in [0.25, 0.3) is 11.0 Å². The number of nitrogens with zero attached hydrogens (tertiary/aromatic N) is 3. The summed E-state index contributed by atoms with van der Waals surface area (Å²) in [5, 5.41) is 3.03. The molecule has 1 aromatic carbocycles. The number of fused-ring (bicyclic) bond motifs is 1. The van der Waals surface area contributed by atoms with Crippen molar-refractivity contribution in [2.24, 2.45) is 14.1 Å². The number of carbonyl (C=O) groups excluding carboxylic acids is 1. The monoisotopic (exact) mass is 338 g/mol. The third-order valence-electron chi connectivity index (χ3n) is 4.06. The summed E-state index contributed by atoms with van der Waals surface area (Å²) in [6, 6.07) is 11.3. The molecule has 0 aliphatic heterocycles. The molecule has 0 unspecified atom stereocenters. The second-order valence-corrected chi connectivity index (χ2v) is 5.83. The van der Waals surface area contributed by atoms with Gasteiger partial charge in [-0.15, -0.1) is 0 Å². The van der Waals surface area contributed by atoms with E-state index in [0.717, 1.165) is 10.1 Å². The van der Waals surface area contributed by atoms with Crippen LogP contribution in [0.2, 0.25) is 0 Å². The van der Waals surface area contributed by atoms with Crippen molar-refractivity contribution in [3.63, 3.8) is 0 Å². The van der Waals surface area contributed by atoms with E-state index in [2.05, 4.69) is 10.3 Å². The van der Waals surface area contributed by atoms with Gasteiger partial charge in [0.2, 0.25) is 5.91 Å². The lowest BCUT2D eigenvalue weighted by Gasteiger charge is -2.09. The Morgan fingerprint density at radius 2 is 1.84 bits per heavy atom. The summed E-state index contributed by atoms with van der Waals surface area (Å²) in [4.78, 5) is 40.4. The molecule has 0 bridgehead atoms. The highest BCUT2D eigenvalue weighted by Crippen LogP contribution is 2.12. The molecule has 0 atom stereocenters. The molecule has 3 aromatic rings. The summed E-state index contributed by atoms with van der Waals surface area (Å²) >= 11 is 0. The maximum atomic E-state index is 12.2. The number of hydrogen-bond donors (Lipinski definition) is 1. The van der Waals surface area contributed by atoms with Gasteiger partial charge in [-0.05, 0) is 18.1 Å². The molecule has 0 saturated carbocycles. The van der Waals surface area contributed by atoms with Crippen molar-refractivity contribution in [2.45, 2.75) is 12.8 Å². The molecule has 0 saturated heterocycles. The molecular weight excluding hydrogens is 320 g/mol. The van der Waals surface area contributed by atoms with Crippen molar-refractivity contribution in [1.82, 2.24) is 14.1 Å². The Morgan fingerprint density at radius 1 is 1.12 bits per heavy atom. The Morgan fingerprint density at radius 3 is 2.56 bits per heavy atom. The predicted octanol–water partition coefficient (Wildman–Crippen LogP) is 1.20. The summed E-state index contributed by atoms with van der Waals surface area (Å²) < 4.78 is 2.32. The molecule has 1 N–H and O–H groups in total. The van der Waals surface area contributed by atoms with Crippen LogP contribution in [0.5, 0.6) is 0 Å². The molecular formula is C18H18N4O3. The molecule has 25 heavy (non-hydrogen) atoms. The zero-order chi connectivity index (χ0) is 18.0. The van der Waals surface area contributed by atoms with Crippen LogP contribution in [0.1, 0.15) is 12.0 Å². The van der Waals surface area contributed by atoms with Gasteiger partial charge in [-0.1, -0.05) is 30.3 Å². The van der Waals surface area contributed by atoms with Crippen LogP contribution in [0.3, 0.4) is 0 Å². The SMILES string of the molecule is Cn1c(=O)c2cc(NC(=O)CCc3ccccc3)cnc2n(C)c1=O. The number of aryl methyl sites for hydroxylation is 2. The van der Waals surface area contributed by atoms with Gasteiger partial charge in [0.25, 0.3) is 5.56 Å². The summed E-state index contributed by atoms with van der Waals surface area (Å²) in [7, 11) is 2.96. The number of aromatic nitrogens is 3. The molecule has 0 spiro atoms. The van der Waals surface area contributed by atoms with E-state index >= 15 is 0 Å². The first-order valence-electron chi connectivity index (χ1n) is 7.87. The Kier molecular flexibility index (Phi) is 4.47. The third kappa shape index (κ3) is 3.35. The van der Waals surface area contributed by atoms with E-state index in [1.54, 1.807) is 13.1 Å². The molecule has 0 fully saturated rings. The number of hydrogen-bond acceptors (Lipinski definition) is 4. The minimum Gasteiger partial charge on any atom is -0.325 e. The largest absolute Gasteiger partial charge is 0.332 e. The topological polar surface area (TPSA) is 86.0 Å². The molecule has 2 aromatic heterocycles. The van der Waals surface area contributed by atoms with Crippen LogP contribution in [0.4, 0.5) is 5.69 Å². The number of benzene rings is 1. The normalized spacial score (nSPS) is 10.8. The Hall–Kier alpha value is -3.22. The lowest BCUT2D eigenvalue weighted by atomic mass is 10.1. The van der Waals surface area contributed by atoms with Gasteiger partial charge < -0.3 is 5.32 Å². The van der Waals surface area contributed by atoms with Gasteiger partial charge >= 0.3 is 5.69 Å². The molecule has 2 heterocycles. The molecule has 128 valence electrons. The van der Waals surface area contributed by atoms with E-state index in [1.165, 1.54) is 17.8 Å². The van der Waals surface area contributed by atoms with Gasteiger partial charge in [-0.3, -0.25) is 18.7 Å². The van der Waals surface area contributed by atoms with Crippen molar-refractivity contribution >= 4 is 22.6 Å². The summed E-state index contributed by atoms with van der Waals surface area (Å²) in [5.41, 5.74) is 0.922. The number of rotatable bonds is 4. The number of anilines is 1. The molecule has 7 nitrogen and oxygen atoms in total. The third-order valence-corrected chi connectivity index (χ3v) is 4.06. The van der Waals surface area contributed by atoms with Crippen LogP contribution in [0, 0.1) is 0 Å². The van der Waals surface area contributed by atoms with E-state index in [9.17, 15) is 14.4 Å². The number of amides is 1. The zero-order valence-corrected chi connectivity index (χ0v) is 14.0. The smallest absolute Gasteiger partial charge is 0.325 e. The quantitative estimate of drug-likeness (QED) is 0.774. The van der Waals surface area contributed by atoms with E-state index in [-0.39, 0.29) is 16.9 Å². The number of carbonyl (C=O) groups is 1. The average Bonchev–Trinajstić information content (AvgIpc) is 2.64. The first kappa shape index (κ1) is 16.6. The highest BCUT2D eigenvalue weighted by atomic mass is 16.2. The van der Waals surface area contributed by atoms with E-state index in [1.807, 2.05) is 30.3 Å². The number of pyridine rings is 1. The summed E-state index contributed by atoms with van der Waals surface area (Å²) in [6.07, 6.45) is 2.40. The highest BCUT2D eigenvalue weighted by molar-refractivity contribution is 5.92. The first-order valence-corrected chi connectivity index (χ1v) is 7.87. The van der Waals surface area contributed by atoms with E-state index in [0.29, 0.717) is 18.5 Å². The van der Waals surface area contributed by atoms with Crippen molar-refractivity contribution < 1.29 is 4.79 Å². The molecule has 3 rings (SSSR count). The minimum absolute atomic E-state index is 0.161. The number of nitrogens with one attached hydrogen (secondary N) is 1. The van der Waals surface area contributed by atoms with E-state index in [4.69, 9.17) is 0 Å². The van der Waals surface area contributed by atoms with Crippen molar-refractivity contribution in [2.75, 3.05) is 5.32 Å². The Labute approximate surface area is 143 Å². The predicted molar refractivity (Wildman–Crippen MR) is 95.6 cm³/mol. The molecule has 0 aliphatic rings. The van der Waals surface area contributed by atoms with Gasteiger partial charge in [0, 0.05) is 20.5 Å². The maximum absolute atomic E-state index is 12.2. The fourth-order valence-electron chi connectivity index (χ4n) is 2.66. The second kappa shape index (κ2) is 6.72. The first-order chi connectivity index (χ1) is 12.0. The lowest BCUT2D eigenvalue weighted by molar-refractivity contribution is -0.116. The van der Waals surface area contributed by atoms with Crippen molar-refractivity contribution in [3.05, 3.63) is 69.0 Å². The van der Waals surface area contributed by atoms with Gasteiger partial charge in [0.15, 0.2) is 0 Å². The van der Waals surface area contributed by atoms with Crippen LogP contribution in [-0.4, -0.2) is 20.0 Å². The van der Waals surface area contributed by atoms with Crippen molar-refractivity contribution in [3.8, 4) is 0 Å². The van der Waals surface area contributed by atoms with Crippen molar-refractivity contribution in [1.29, 1.82) is 0 Å². The fraction of sp³-hybridized carbons (Fsp3) is 0.222. The minimum atomic E-state index is -0.440. The summed E-state index contributed by atoms with van der Waals surface area (Å²) in [6.45, 7) is 0. The average molecular weight is 338 g/mol. The summed E-state index contributed by atoms with van der Waals surface area (Å²) in [5.74, 6) is -0.161.